The lowest BCUT2D eigenvalue weighted by Crippen LogP contribution is -2.09. The van der Waals surface area contributed by atoms with E-state index in [1.54, 1.807) is 0 Å². The van der Waals surface area contributed by atoms with Crippen LogP contribution in [0.25, 0.3) is 0 Å². The predicted octanol–water partition coefficient (Wildman–Crippen LogP) is 1.84. The Hall–Kier alpha value is -0.0400. The second kappa shape index (κ2) is 5.10. The molecule has 2 radical (unpaired) electrons. The summed E-state index contributed by atoms with van der Waals surface area (Å²) in [4.78, 5) is 0. The third kappa shape index (κ3) is 3.03. The summed E-state index contributed by atoms with van der Waals surface area (Å²) in [6.07, 6.45) is 1.94. The zero-order valence-corrected chi connectivity index (χ0v) is 5.52. The molecule has 0 aliphatic heterocycles. The first-order valence-electron chi connectivity index (χ1n) is 3.05. The van der Waals surface area contributed by atoms with Crippen molar-refractivity contribution >= 4 is 0 Å². The topological polar surface area (TPSA) is 9.23 Å². The lowest BCUT2D eigenvalue weighted by Gasteiger charge is -2.10. The van der Waals surface area contributed by atoms with E-state index in [1.165, 1.54) is 0 Å². The van der Waals surface area contributed by atoms with Crippen molar-refractivity contribution in [2.24, 2.45) is 0 Å². The fraction of sp³-hybridized carbons (Fsp3) is 0.714. The molecular weight excluding hydrogens is 100 g/mol. The smallest absolute Gasteiger partial charge is 0.0575 e. The normalized spacial score (nSPS) is 10.5. The van der Waals surface area contributed by atoms with Crippen LogP contribution in [-0.2, 0) is 4.74 Å². The first-order valence-corrected chi connectivity index (χ1v) is 3.05. The highest BCUT2D eigenvalue weighted by atomic mass is 16.5. The van der Waals surface area contributed by atoms with Crippen LogP contribution in [0.3, 0.4) is 0 Å². The molecule has 0 atom stereocenters. The molecular formula is C7H14O. The molecule has 0 saturated carbocycles. The van der Waals surface area contributed by atoms with Gasteiger partial charge in [-0.2, -0.15) is 0 Å². The van der Waals surface area contributed by atoms with Gasteiger partial charge in [0, 0.05) is 6.61 Å². The number of hydrogen-bond acceptors (Lipinski definition) is 1. The van der Waals surface area contributed by atoms with Gasteiger partial charge >= 0.3 is 0 Å². The van der Waals surface area contributed by atoms with Crippen LogP contribution in [0.2, 0.25) is 0 Å². The lowest BCUT2D eigenvalue weighted by atomic mass is 10.2. The van der Waals surface area contributed by atoms with E-state index < -0.39 is 0 Å². The van der Waals surface area contributed by atoms with Gasteiger partial charge in [-0.15, -0.1) is 0 Å². The summed E-state index contributed by atoms with van der Waals surface area (Å²) < 4.78 is 5.22. The van der Waals surface area contributed by atoms with Crippen molar-refractivity contribution in [2.75, 3.05) is 6.61 Å². The van der Waals surface area contributed by atoms with Crippen LogP contribution < -0.4 is 0 Å². The van der Waals surface area contributed by atoms with Gasteiger partial charge in [0.2, 0.25) is 0 Å². The van der Waals surface area contributed by atoms with Gasteiger partial charge in [0.25, 0.3) is 0 Å². The number of hydrogen-bond donors (Lipinski definition) is 0. The van der Waals surface area contributed by atoms with Gasteiger partial charge in [0.05, 0.1) is 6.10 Å². The minimum absolute atomic E-state index is 0.278. The van der Waals surface area contributed by atoms with Gasteiger partial charge < -0.3 is 4.74 Å². The van der Waals surface area contributed by atoms with Crippen LogP contribution in [0, 0.1) is 13.8 Å². The first kappa shape index (κ1) is 7.96. The minimum atomic E-state index is 0.278. The molecule has 0 unspecified atom stereocenters. The van der Waals surface area contributed by atoms with E-state index in [-0.39, 0.29) is 6.10 Å². The van der Waals surface area contributed by atoms with Crippen LogP contribution >= 0.6 is 0 Å². The molecule has 0 heterocycles. The summed E-state index contributed by atoms with van der Waals surface area (Å²) in [7, 11) is 0. The Labute approximate surface area is 52.0 Å². The van der Waals surface area contributed by atoms with E-state index >= 15 is 0 Å². The molecule has 0 spiro atoms. The van der Waals surface area contributed by atoms with E-state index in [1.807, 2.05) is 6.92 Å². The van der Waals surface area contributed by atoms with Gasteiger partial charge in [-0.05, 0) is 19.8 Å². The Kier molecular flexibility index (Phi) is 5.08. The average molecular weight is 114 g/mol. The van der Waals surface area contributed by atoms with Gasteiger partial charge in [-0.1, -0.05) is 13.8 Å². The zero-order chi connectivity index (χ0) is 6.41. The van der Waals surface area contributed by atoms with Crippen LogP contribution in [0.4, 0.5) is 0 Å². The Balaban J connectivity index is 3.07. The Morgan fingerprint density at radius 2 is 1.88 bits per heavy atom. The van der Waals surface area contributed by atoms with Crippen molar-refractivity contribution in [2.45, 2.75) is 25.9 Å². The predicted molar refractivity (Wildman–Crippen MR) is 35.4 cm³/mol. The molecule has 1 heteroatoms. The Morgan fingerprint density at radius 1 is 1.38 bits per heavy atom. The molecule has 0 aliphatic carbocycles. The molecule has 0 rings (SSSR count). The van der Waals surface area contributed by atoms with E-state index in [0.717, 1.165) is 19.4 Å². The standard InChI is InChI=1S/C7H14O/c1-4-7(5-2)8-6-3/h7H,1-2,4-6H2,3H3. The highest BCUT2D eigenvalue weighted by Gasteiger charge is 1.98. The van der Waals surface area contributed by atoms with Crippen LogP contribution in [0.5, 0.6) is 0 Å². The van der Waals surface area contributed by atoms with Gasteiger partial charge in [0.15, 0.2) is 0 Å². The second-order valence-electron chi connectivity index (χ2n) is 1.65. The van der Waals surface area contributed by atoms with E-state index in [2.05, 4.69) is 13.8 Å². The summed E-state index contributed by atoms with van der Waals surface area (Å²) >= 11 is 0. The van der Waals surface area contributed by atoms with Gasteiger partial charge in [-0.3, -0.25) is 0 Å². The van der Waals surface area contributed by atoms with E-state index in [4.69, 9.17) is 4.74 Å². The fourth-order valence-corrected chi connectivity index (χ4v) is 0.547. The fourth-order valence-electron chi connectivity index (χ4n) is 0.547. The van der Waals surface area contributed by atoms with Crippen molar-refractivity contribution in [1.82, 2.24) is 0 Å². The SMILES string of the molecule is [CH2]CC(C[CH2])OCC. The highest BCUT2D eigenvalue weighted by Crippen LogP contribution is 2.00. The molecule has 0 amide bonds. The number of rotatable bonds is 4. The van der Waals surface area contributed by atoms with E-state index in [9.17, 15) is 0 Å². The summed E-state index contributed by atoms with van der Waals surface area (Å²) in [6, 6.07) is 0. The van der Waals surface area contributed by atoms with Crippen molar-refractivity contribution in [3.8, 4) is 0 Å². The molecule has 0 aromatic carbocycles. The average Bonchev–Trinajstić information content (AvgIpc) is 1.83. The maximum atomic E-state index is 5.22. The maximum absolute atomic E-state index is 5.22. The highest BCUT2D eigenvalue weighted by molar-refractivity contribution is 4.59. The first-order chi connectivity index (χ1) is 3.85. The number of ether oxygens (including phenoxy) is 1. The second-order valence-corrected chi connectivity index (χ2v) is 1.65. The maximum Gasteiger partial charge on any atom is 0.0575 e. The van der Waals surface area contributed by atoms with Crippen molar-refractivity contribution in [3.05, 3.63) is 13.8 Å². The monoisotopic (exact) mass is 114 g/mol. The molecule has 0 aromatic heterocycles. The molecule has 0 N–H and O–H groups in total. The van der Waals surface area contributed by atoms with Crippen LogP contribution in [0.1, 0.15) is 19.8 Å². The van der Waals surface area contributed by atoms with Crippen molar-refractivity contribution < 1.29 is 4.74 Å². The summed E-state index contributed by atoms with van der Waals surface area (Å²) in [5.41, 5.74) is 0. The summed E-state index contributed by atoms with van der Waals surface area (Å²) in [5, 5.41) is 0. The lowest BCUT2D eigenvalue weighted by molar-refractivity contribution is 0.0664. The van der Waals surface area contributed by atoms with E-state index in [0.29, 0.717) is 0 Å². The molecule has 48 valence electrons. The Bertz CT molecular complexity index is 39.7. The van der Waals surface area contributed by atoms with Gasteiger partial charge in [-0.25, -0.2) is 0 Å². The van der Waals surface area contributed by atoms with Crippen LogP contribution in [-0.4, -0.2) is 12.7 Å². The van der Waals surface area contributed by atoms with Crippen LogP contribution in [0.15, 0.2) is 0 Å². The van der Waals surface area contributed by atoms with Gasteiger partial charge in [0.1, 0.15) is 0 Å². The zero-order valence-electron chi connectivity index (χ0n) is 5.52. The third-order valence-electron chi connectivity index (χ3n) is 1.05. The molecule has 8 heavy (non-hydrogen) atoms. The Morgan fingerprint density at radius 3 is 2.00 bits per heavy atom. The van der Waals surface area contributed by atoms with Crippen molar-refractivity contribution in [1.29, 1.82) is 0 Å². The largest absolute Gasteiger partial charge is 0.379 e. The molecule has 0 aromatic rings. The molecule has 0 fully saturated rings. The third-order valence-corrected chi connectivity index (χ3v) is 1.05. The molecule has 0 saturated heterocycles. The van der Waals surface area contributed by atoms with Crippen molar-refractivity contribution in [3.63, 3.8) is 0 Å². The minimum Gasteiger partial charge on any atom is -0.379 e. The summed E-state index contributed by atoms with van der Waals surface area (Å²) in [6.45, 7) is 10.2. The quantitative estimate of drug-likeness (QED) is 0.542. The molecule has 0 bridgehead atoms. The molecule has 1 nitrogen and oxygen atoms in total. The molecule has 0 aliphatic rings. The summed E-state index contributed by atoms with van der Waals surface area (Å²) in [5.74, 6) is 0.